The van der Waals surface area contributed by atoms with E-state index in [2.05, 4.69) is 0 Å². The highest BCUT2D eigenvalue weighted by Gasteiger charge is 2.05. The highest BCUT2D eigenvalue weighted by molar-refractivity contribution is 6.34. The van der Waals surface area contributed by atoms with Gasteiger partial charge in [-0.15, -0.1) is 0 Å². The Kier molecular flexibility index (Phi) is 3.78. The van der Waals surface area contributed by atoms with Gasteiger partial charge in [0.05, 0.1) is 11.3 Å². The molecule has 0 aliphatic rings. The molecule has 0 amide bonds. The molecule has 0 aliphatic carbocycles. The Morgan fingerprint density at radius 1 is 1.24 bits per heavy atom. The van der Waals surface area contributed by atoms with E-state index in [4.69, 9.17) is 16.0 Å². The number of ketones is 1. The van der Waals surface area contributed by atoms with E-state index >= 15 is 0 Å². The minimum Gasteiger partial charge on any atom is -0.469 e. The molecule has 0 bridgehead atoms. The van der Waals surface area contributed by atoms with Gasteiger partial charge in [-0.1, -0.05) is 29.8 Å². The third-order valence-electron chi connectivity index (χ3n) is 2.31. The number of furan rings is 1. The van der Waals surface area contributed by atoms with Crippen LogP contribution in [-0.4, -0.2) is 5.78 Å². The zero-order valence-corrected chi connectivity index (χ0v) is 9.85. The second kappa shape index (κ2) is 5.51. The molecule has 17 heavy (non-hydrogen) atoms. The van der Waals surface area contributed by atoms with Crippen molar-refractivity contribution >= 4 is 17.4 Å². The van der Waals surface area contributed by atoms with Crippen LogP contribution in [0, 0.1) is 0 Å². The maximum Gasteiger partial charge on any atom is 0.187 e. The lowest BCUT2D eigenvalue weighted by atomic mass is 10.1. The Balaban J connectivity index is 2.02. The van der Waals surface area contributed by atoms with Gasteiger partial charge < -0.3 is 4.42 Å². The standard InChI is InChI=1S/C14H11ClO2/c15-13-8-2-1-7-12(13)14(16)9-3-5-11-6-4-10-17-11/h1-4,6-10H,5H2. The lowest BCUT2D eigenvalue weighted by molar-refractivity contribution is 0.104. The van der Waals surface area contributed by atoms with Crippen molar-refractivity contribution in [3.05, 3.63) is 71.2 Å². The molecule has 0 unspecified atom stereocenters. The Bertz CT molecular complexity index is 527. The summed E-state index contributed by atoms with van der Waals surface area (Å²) in [4.78, 5) is 11.8. The molecule has 2 nitrogen and oxygen atoms in total. The molecule has 1 heterocycles. The number of allylic oxidation sites excluding steroid dienone is 2. The van der Waals surface area contributed by atoms with Crippen molar-refractivity contribution in [2.45, 2.75) is 6.42 Å². The van der Waals surface area contributed by atoms with Gasteiger partial charge in [0.1, 0.15) is 5.76 Å². The van der Waals surface area contributed by atoms with Crippen LogP contribution in [0.25, 0.3) is 0 Å². The molecule has 1 aromatic carbocycles. The number of carbonyl (C=O) groups is 1. The van der Waals surface area contributed by atoms with Crippen molar-refractivity contribution in [3.8, 4) is 0 Å². The fourth-order valence-corrected chi connectivity index (χ4v) is 1.69. The Hall–Kier alpha value is -1.80. The third kappa shape index (κ3) is 3.08. The smallest absolute Gasteiger partial charge is 0.187 e. The molecule has 0 saturated carbocycles. The topological polar surface area (TPSA) is 30.2 Å². The van der Waals surface area contributed by atoms with Crippen LogP contribution in [0.4, 0.5) is 0 Å². The van der Waals surface area contributed by atoms with E-state index in [0.717, 1.165) is 5.76 Å². The van der Waals surface area contributed by atoms with E-state index in [0.29, 0.717) is 17.0 Å². The van der Waals surface area contributed by atoms with Crippen LogP contribution < -0.4 is 0 Å². The molecule has 0 atom stereocenters. The van der Waals surface area contributed by atoms with E-state index in [1.54, 1.807) is 36.6 Å². The zero-order valence-electron chi connectivity index (χ0n) is 9.10. The van der Waals surface area contributed by atoms with Gasteiger partial charge in [-0.2, -0.15) is 0 Å². The van der Waals surface area contributed by atoms with Gasteiger partial charge in [-0.05, 0) is 30.3 Å². The molecular formula is C14H11ClO2. The van der Waals surface area contributed by atoms with Crippen LogP contribution in [0.15, 0.2) is 59.2 Å². The molecule has 2 rings (SSSR count). The summed E-state index contributed by atoms with van der Waals surface area (Å²) in [5, 5.41) is 0.472. The zero-order chi connectivity index (χ0) is 12.1. The molecule has 1 aromatic heterocycles. The van der Waals surface area contributed by atoms with Crippen molar-refractivity contribution in [2.75, 3.05) is 0 Å². The molecule has 0 spiro atoms. The van der Waals surface area contributed by atoms with E-state index in [1.807, 2.05) is 12.1 Å². The summed E-state index contributed by atoms with van der Waals surface area (Å²) < 4.78 is 5.16. The van der Waals surface area contributed by atoms with Crippen molar-refractivity contribution in [3.63, 3.8) is 0 Å². The monoisotopic (exact) mass is 246 g/mol. The number of benzene rings is 1. The Morgan fingerprint density at radius 2 is 2.06 bits per heavy atom. The molecule has 86 valence electrons. The highest BCUT2D eigenvalue weighted by Crippen LogP contribution is 2.15. The number of rotatable bonds is 4. The molecule has 0 aliphatic heterocycles. The normalized spacial score (nSPS) is 10.9. The van der Waals surface area contributed by atoms with E-state index in [1.165, 1.54) is 6.08 Å². The molecule has 0 fully saturated rings. The first-order chi connectivity index (χ1) is 8.27. The number of halogens is 1. The molecule has 0 N–H and O–H groups in total. The summed E-state index contributed by atoms with van der Waals surface area (Å²) in [6.45, 7) is 0. The minimum absolute atomic E-state index is 0.0952. The van der Waals surface area contributed by atoms with Gasteiger partial charge >= 0.3 is 0 Å². The maximum absolute atomic E-state index is 11.8. The predicted molar refractivity (Wildman–Crippen MR) is 67.3 cm³/mol. The molecular weight excluding hydrogens is 236 g/mol. The van der Waals surface area contributed by atoms with Crippen LogP contribution in [0.3, 0.4) is 0 Å². The van der Waals surface area contributed by atoms with Crippen LogP contribution in [-0.2, 0) is 6.42 Å². The van der Waals surface area contributed by atoms with Crippen LogP contribution in [0.5, 0.6) is 0 Å². The van der Waals surface area contributed by atoms with E-state index in [-0.39, 0.29) is 5.78 Å². The summed E-state index contributed by atoms with van der Waals surface area (Å²) in [7, 11) is 0. The lowest BCUT2D eigenvalue weighted by Gasteiger charge is -1.97. The minimum atomic E-state index is -0.0952. The summed E-state index contributed by atoms with van der Waals surface area (Å²) in [5.74, 6) is 0.732. The fourth-order valence-electron chi connectivity index (χ4n) is 1.46. The Morgan fingerprint density at radius 3 is 2.76 bits per heavy atom. The number of hydrogen-bond acceptors (Lipinski definition) is 2. The molecule has 3 heteroatoms. The van der Waals surface area contributed by atoms with Crippen molar-refractivity contribution in [1.82, 2.24) is 0 Å². The first-order valence-electron chi connectivity index (χ1n) is 5.25. The van der Waals surface area contributed by atoms with Gasteiger partial charge in [-0.3, -0.25) is 4.79 Å². The number of carbonyl (C=O) groups excluding carboxylic acids is 1. The van der Waals surface area contributed by atoms with Gasteiger partial charge in [-0.25, -0.2) is 0 Å². The number of hydrogen-bond donors (Lipinski definition) is 0. The van der Waals surface area contributed by atoms with Gasteiger partial charge in [0.15, 0.2) is 5.78 Å². The Labute approximate surface area is 105 Å². The molecule has 0 saturated heterocycles. The fraction of sp³-hybridized carbons (Fsp3) is 0.0714. The van der Waals surface area contributed by atoms with Crippen LogP contribution >= 0.6 is 11.6 Å². The summed E-state index contributed by atoms with van der Waals surface area (Å²) in [6, 6.07) is 10.7. The second-order valence-corrected chi connectivity index (χ2v) is 3.94. The summed E-state index contributed by atoms with van der Waals surface area (Å²) in [6.07, 6.45) is 5.50. The quantitative estimate of drug-likeness (QED) is 0.605. The van der Waals surface area contributed by atoms with Gasteiger partial charge in [0.2, 0.25) is 0 Å². The first kappa shape index (κ1) is 11.7. The van der Waals surface area contributed by atoms with Gasteiger partial charge in [0, 0.05) is 12.0 Å². The van der Waals surface area contributed by atoms with E-state index < -0.39 is 0 Å². The second-order valence-electron chi connectivity index (χ2n) is 3.53. The SMILES string of the molecule is O=C(C=CCc1ccco1)c1ccccc1Cl. The van der Waals surface area contributed by atoms with E-state index in [9.17, 15) is 4.79 Å². The third-order valence-corrected chi connectivity index (χ3v) is 2.64. The van der Waals surface area contributed by atoms with Crippen LogP contribution in [0.2, 0.25) is 5.02 Å². The summed E-state index contributed by atoms with van der Waals surface area (Å²) >= 11 is 5.92. The first-order valence-corrected chi connectivity index (χ1v) is 5.63. The average molecular weight is 247 g/mol. The average Bonchev–Trinajstić information content (AvgIpc) is 2.82. The summed E-state index contributed by atoms with van der Waals surface area (Å²) in [5.41, 5.74) is 0.518. The predicted octanol–water partition coefficient (Wildman–Crippen LogP) is 3.91. The molecule has 0 radical (unpaired) electrons. The van der Waals surface area contributed by atoms with Crippen LogP contribution in [0.1, 0.15) is 16.1 Å². The molecule has 2 aromatic rings. The highest BCUT2D eigenvalue weighted by atomic mass is 35.5. The largest absolute Gasteiger partial charge is 0.469 e. The van der Waals surface area contributed by atoms with Crippen molar-refractivity contribution in [1.29, 1.82) is 0 Å². The van der Waals surface area contributed by atoms with Crippen molar-refractivity contribution in [2.24, 2.45) is 0 Å². The lowest BCUT2D eigenvalue weighted by Crippen LogP contribution is -1.95. The maximum atomic E-state index is 11.8. The van der Waals surface area contributed by atoms with Gasteiger partial charge in [0.25, 0.3) is 0 Å². The van der Waals surface area contributed by atoms with Crippen molar-refractivity contribution < 1.29 is 9.21 Å².